The number of nitrogens with zero attached hydrogens (tertiary/aromatic N) is 2. The number of fused-ring (bicyclic) bond motifs is 1. The standard InChI is InChI=1S/C17H25N3O.ClH/c1-14-12-15-4-2-3-5-16(15)13-20(14)9-6-17(21)19-10-7-18-8-11-19;/h2-5,14,18H,6-13H2,1H3;1H. The first-order chi connectivity index (χ1) is 10.2. The van der Waals surface area contributed by atoms with E-state index in [2.05, 4.69) is 41.4 Å². The van der Waals surface area contributed by atoms with Gasteiger partial charge in [0.1, 0.15) is 0 Å². The van der Waals surface area contributed by atoms with Crippen LogP contribution in [0.2, 0.25) is 0 Å². The number of amides is 1. The van der Waals surface area contributed by atoms with E-state index < -0.39 is 0 Å². The van der Waals surface area contributed by atoms with Crippen LogP contribution in [0.15, 0.2) is 24.3 Å². The lowest BCUT2D eigenvalue weighted by Crippen LogP contribution is -2.47. The van der Waals surface area contributed by atoms with Crippen LogP contribution in [0.25, 0.3) is 0 Å². The molecule has 0 bridgehead atoms. The smallest absolute Gasteiger partial charge is 0.223 e. The van der Waals surface area contributed by atoms with Gasteiger partial charge in [0.2, 0.25) is 5.91 Å². The fourth-order valence-electron chi connectivity index (χ4n) is 3.34. The van der Waals surface area contributed by atoms with Crippen molar-refractivity contribution < 1.29 is 4.79 Å². The molecule has 1 aromatic rings. The Kier molecular flexibility index (Phi) is 6.24. The molecule has 1 N–H and O–H groups in total. The average molecular weight is 324 g/mol. The van der Waals surface area contributed by atoms with E-state index in [1.165, 1.54) is 11.1 Å². The van der Waals surface area contributed by atoms with E-state index in [1.54, 1.807) is 0 Å². The fraction of sp³-hybridized carbons (Fsp3) is 0.588. The van der Waals surface area contributed by atoms with Gasteiger partial charge in [-0.15, -0.1) is 12.4 Å². The Morgan fingerprint density at radius 1 is 1.23 bits per heavy atom. The highest BCUT2D eigenvalue weighted by Crippen LogP contribution is 2.23. The van der Waals surface area contributed by atoms with E-state index in [0.29, 0.717) is 18.4 Å². The van der Waals surface area contributed by atoms with Gasteiger partial charge >= 0.3 is 0 Å². The molecule has 2 aliphatic rings. The number of benzene rings is 1. The van der Waals surface area contributed by atoms with Gasteiger partial charge in [-0.1, -0.05) is 24.3 Å². The molecule has 1 aromatic carbocycles. The van der Waals surface area contributed by atoms with Gasteiger partial charge in [0.25, 0.3) is 0 Å². The highest BCUT2D eigenvalue weighted by atomic mass is 35.5. The molecule has 4 nitrogen and oxygen atoms in total. The van der Waals surface area contributed by atoms with E-state index in [-0.39, 0.29) is 12.4 Å². The Balaban J connectivity index is 0.00000176. The van der Waals surface area contributed by atoms with Crippen LogP contribution in [0, 0.1) is 0 Å². The summed E-state index contributed by atoms with van der Waals surface area (Å²) in [5.74, 6) is 0.308. The van der Waals surface area contributed by atoms with E-state index in [0.717, 1.165) is 45.7 Å². The second-order valence-corrected chi connectivity index (χ2v) is 6.17. The summed E-state index contributed by atoms with van der Waals surface area (Å²) in [6.45, 7) is 7.70. The number of carbonyl (C=O) groups excluding carboxylic acids is 1. The van der Waals surface area contributed by atoms with E-state index in [1.807, 2.05) is 4.90 Å². The molecule has 2 heterocycles. The summed E-state index contributed by atoms with van der Waals surface area (Å²) in [4.78, 5) is 16.7. The van der Waals surface area contributed by atoms with Gasteiger partial charge in [-0.05, 0) is 24.5 Å². The molecule has 1 fully saturated rings. The number of hydrogen-bond donors (Lipinski definition) is 1. The van der Waals surface area contributed by atoms with Crippen LogP contribution in [0.1, 0.15) is 24.5 Å². The molecule has 0 aliphatic carbocycles. The molecular formula is C17H26ClN3O. The second kappa shape index (κ2) is 7.95. The maximum Gasteiger partial charge on any atom is 0.223 e. The summed E-state index contributed by atoms with van der Waals surface area (Å²) in [7, 11) is 0. The Bertz CT molecular complexity index is 502. The van der Waals surface area contributed by atoms with Crippen LogP contribution < -0.4 is 5.32 Å². The molecule has 2 aliphatic heterocycles. The van der Waals surface area contributed by atoms with E-state index >= 15 is 0 Å². The van der Waals surface area contributed by atoms with Gasteiger partial charge in [-0.2, -0.15) is 0 Å². The van der Waals surface area contributed by atoms with Gasteiger partial charge in [0.15, 0.2) is 0 Å². The monoisotopic (exact) mass is 323 g/mol. The molecule has 0 aromatic heterocycles. The van der Waals surface area contributed by atoms with Crippen molar-refractivity contribution in [1.29, 1.82) is 0 Å². The predicted molar refractivity (Wildman–Crippen MR) is 91.3 cm³/mol. The zero-order valence-electron chi connectivity index (χ0n) is 13.3. The van der Waals surface area contributed by atoms with E-state index in [4.69, 9.17) is 0 Å². The quantitative estimate of drug-likeness (QED) is 0.919. The van der Waals surface area contributed by atoms with Crippen molar-refractivity contribution in [1.82, 2.24) is 15.1 Å². The zero-order chi connectivity index (χ0) is 14.7. The van der Waals surface area contributed by atoms with Gasteiger partial charge in [-0.25, -0.2) is 0 Å². The number of halogens is 1. The summed E-state index contributed by atoms with van der Waals surface area (Å²) in [5, 5.41) is 3.29. The molecule has 1 unspecified atom stereocenters. The largest absolute Gasteiger partial charge is 0.340 e. The van der Waals surface area contributed by atoms with Crippen LogP contribution in [-0.4, -0.2) is 54.5 Å². The maximum atomic E-state index is 12.3. The topological polar surface area (TPSA) is 35.6 Å². The Labute approximate surface area is 139 Å². The summed E-state index contributed by atoms with van der Waals surface area (Å²) < 4.78 is 0. The summed E-state index contributed by atoms with van der Waals surface area (Å²) >= 11 is 0. The molecule has 1 amide bonds. The third kappa shape index (κ3) is 4.00. The molecule has 1 atom stereocenters. The van der Waals surface area contributed by atoms with Crippen LogP contribution in [0.4, 0.5) is 0 Å². The lowest BCUT2D eigenvalue weighted by molar-refractivity contribution is -0.132. The molecule has 0 radical (unpaired) electrons. The Morgan fingerprint density at radius 3 is 2.64 bits per heavy atom. The number of piperazine rings is 1. The third-order valence-corrected chi connectivity index (χ3v) is 4.71. The SMILES string of the molecule is CC1Cc2ccccc2CN1CCC(=O)N1CCNCC1.Cl. The molecule has 22 heavy (non-hydrogen) atoms. The first-order valence-electron chi connectivity index (χ1n) is 8.03. The van der Waals surface area contributed by atoms with Crippen molar-refractivity contribution in [3.8, 4) is 0 Å². The van der Waals surface area contributed by atoms with Crippen molar-refractivity contribution in [2.75, 3.05) is 32.7 Å². The van der Waals surface area contributed by atoms with Crippen molar-refractivity contribution in [3.63, 3.8) is 0 Å². The minimum atomic E-state index is 0. The van der Waals surface area contributed by atoms with Gasteiger partial charge in [0, 0.05) is 51.7 Å². The summed E-state index contributed by atoms with van der Waals surface area (Å²) in [6.07, 6.45) is 1.74. The highest BCUT2D eigenvalue weighted by Gasteiger charge is 2.24. The van der Waals surface area contributed by atoms with Crippen molar-refractivity contribution >= 4 is 18.3 Å². The number of carbonyl (C=O) groups is 1. The van der Waals surface area contributed by atoms with Crippen molar-refractivity contribution in [2.45, 2.75) is 32.4 Å². The second-order valence-electron chi connectivity index (χ2n) is 6.17. The molecule has 3 rings (SSSR count). The van der Waals surface area contributed by atoms with Crippen LogP contribution in [0.3, 0.4) is 0 Å². The minimum Gasteiger partial charge on any atom is -0.340 e. The van der Waals surface area contributed by atoms with Crippen molar-refractivity contribution in [3.05, 3.63) is 35.4 Å². The Morgan fingerprint density at radius 2 is 1.91 bits per heavy atom. The third-order valence-electron chi connectivity index (χ3n) is 4.71. The van der Waals surface area contributed by atoms with Crippen LogP contribution in [0.5, 0.6) is 0 Å². The Hall–Kier alpha value is -1.10. The van der Waals surface area contributed by atoms with E-state index in [9.17, 15) is 4.79 Å². The van der Waals surface area contributed by atoms with Gasteiger partial charge < -0.3 is 10.2 Å². The lowest BCUT2D eigenvalue weighted by atomic mass is 9.95. The molecule has 1 saturated heterocycles. The molecule has 0 saturated carbocycles. The first kappa shape index (κ1) is 17.3. The van der Waals surface area contributed by atoms with Crippen LogP contribution >= 0.6 is 12.4 Å². The lowest BCUT2D eigenvalue weighted by Gasteiger charge is -2.35. The first-order valence-corrected chi connectivity index (χ1v) is 8.03. The minimum absolute atomic E-state index is 0. The number of hydrogen-bond acceptors (Lipinski definition) is 3. The fourth-order valence-corrected chi connectivity index (χ4v) is 3.34. The summed E-state index contributed by atoms with van der Waals surface area (Å²) in [6, 6.07) is 9.20. The predicted octanol–water partition coefficient (Wildman–Crippen LogP) is 1.68. The number of rotatable bonds is 3. The van der Waals surface area contributed by atoms with Gasteiger partial charge in [0.05, 0.1) is 0 Å². The zero-order valence-corrected chi connectivity index (χ0v) is 14.1. The normalized spacial score (nSPS) is 21.9. The molecule has 122 valence electrons. The highest BCUT2D eigenvalue weighted by molar-refractivity contribution is 5.85. The molecular weight excluding hydrogens is 298 g/mol. The van der Waals surface area contributed by atoms with Crippen molar-refractivity contribution in [2.24, 2.45) is 0 Å². The number of nitrogens with one attached hydrogen (secondary N) is 1. The molecule has 0 spiro atoms. The van der Waals surface area contributed by atoms with Gasteiger partial charge in [-0.3, -0.25) is 9.69 Å². The van der Waals surface area contributed by atoms with Crippen LogP contribution in [-0.2, 0) is 17.8 Å². The maximum absolute atomic E-state index is 12.3. The summed E-state index contributed by atoms with van der Waals surface area (Å²) in [5.41, 5.74) is 2.89. The average Bonchev–Trinajstić information content (AvgIpc) is 2.53. The molecule has 5 heteroatoms.